The van der Waals surface area contributed by atoms with Crippen LogP contribution in [0.25, 0.3) is 0 Å². The molecular weight excluding hydrogens is 197 g/mol. The molecule has 0 aliphatic rings. The van der Waals surface area contributed by atoms with E-state index in [1.54, 1.807) is 18.2 Å². The van der Waals surface area contributed by atoms with Crippen LogP contribution in [0.15, 0.2) is 18.2 Å². The van der Waals surface area contributed by atoms with Crippen LogP contribution in [0.3, 0.4) is 0 Å². The van der Waals surface area contributed by atoms with Gasteiger partial charge in [0.25, 0.3) is 0 Å². The lowest BCUT2D eigenvalue weighted by atomic mass is 10.2. The van der Waals surface area contributed by atoms with Crippen LogP contribution in [0.2, 0.25) is 10.0 Å². The van der Waals surface area contributed by atoms with E-state index in [0.717, 1.165) is 0 Å². The van der Waals surface area contributed by atoms with Crippen LogP contribution in [0.1, 0.15) is 5.56 Å². The molecule has 0 spiro atoms. The Morgan fingerprint density at radius 3 is 2.58 bits per heavy atom. The summed E-state index contributed by atoms with van der Waals surface area (Å²) in [5, 5.41) is 11.7. The molecule has 64 valence electrons. The van der Waals surface area contributed by atoms with Crippen LogP contribution in [0.4, 0.5) is 0 Å². The minimum absolute atomic E-state index is 0.477. The molecule has 4 heteroatoms. The van der Waals surface area contributed by atoms with Crippen molar-refractivity contribution in [2.45, 2.75) is 0 Å². The molecule has 0 fully saturated rings. The highest BCUT2D eigenvalue weighted by Crippen LogP contribution is 2.19. The zero-order chi connectivity index (χ0) is 9.14. The van der Waals surface area contributed by atoms with Crippen molar-refractivity contribution in [2.24, 2.45) is 0 Å². The summed E-state index contributed by atoms with van der Waals surface area (Å²) >= 11 is 11.5. The third-order valence-electron chi connectivity index (χ3n) is 1.28. The second-order valence-corrected chi connectivity index (χ2v) is 3.18. The molecule has 0 heterocycles. The Labute approximate surface area is 80.6 Å². The summed E-state index contributed by atoms with van der Waals surface area (Å²) in [4.78, 5) is 0. The summed E-state index contributed by atoms with van der Waals surface area (Å²) in [5.74, 6) is 0. The van der Waals surface area contributed by atoms with Gasteiger partial charge in [-0.1, -0.05) is 23.2 Å². The molecule has 0 aliphatic heterocycles. The van der Waals surface area contributed by atoms with E-state index >= 15 is 0 Å². The Balaban J connectivity index is 3.10. The van der Waals surface area contributed by atoms with E-state index in [4.69, 9.17) is 23.2 Å². The maximum atomic E-state index is 10.6. The van der Waals surface area contributed by atoms with Gasteiger partial charge in [0.05, 0.1) is 10.6 Å². The number of hydrogen-bond acceptors (Lipinski definition) is 1. The Morgan fingerprint density at radius 2 is 2.08 bits per heavy atom. The number of benzene rings is 1. The number of hydroxylamine groups is 1. The highest BCUT2D eigenvalue weighted by Gasteiger charge is 2.00. The fourth-order valence-electron chi connectivity index (χ4n) is 0.802. The zero-order valence-corrected chi connectivity index (χ0v) is 7.93. The standard InChI is InChI=1S/C8H7Cl2NO/c1-11(12)5-6-2-3-7(9)4-8(6)10/h2-5H,1H3/b11-5-. The largest absolute Gasteiger partial charge is 0.624 e. The molecule has 0 radical (unpaired) electrons. The highest BCUT2D eigenvalue weighted by atomic mass is 35.5. The molecule has 0 bridgehead atoms. The van der Waals surface area contributed by atoms with Crippen molar-refractivity contribution in [1.29, 1.82) is 0 Å². The van der Waals surface area contributed by atoms with Gasteiger partial charge in [0.1, 0.15) is 7.05 Å². The van der Waals surface area contributed by atoms with Crippen molar-refractivity contribution >= 4 is 29.4 Å². The van der Waals surface area contributed by atoms with Crippen molar-refractivity contribution < 1.29 is 4.74 Å². The fraction of sp³-hybridized carbons (Fsp3) is 0.125. The molecule has 1 aromatic carbocycles. The van der Waals surface area contributed by atoms with Gasteiger partial charge >= 0.3 is 0 Å². The van der Waals surface area contributed by atoms with Gasteiger partial charge in [0, 0.05) is 5.02 Å². The predicted octanol–water partition coefficient (Wildman–Crippen LogP) is 2.55. The van der Waals surface area contributed by atoms with Crippen molar-refractivity contribution in [3.05, 3.63) is 39.0 Å². The van der Waals surface area contributed by atoms with Gasteiger partial charge in [-0.05, 0) is 18.2 Å². The first kappa shape index (κ1) is 9.36. The Hall–Kier alpha value is -0.730. The molecule has 12 heavy (non-hydrogen) atoms. The second-order valence-electron chi connectivity index (χ2n) is 2.34. The van der Waals surface area contributed by atoms with E-state index in [1.807, 2.05) is 0 Å². The summed E-state index contributed by atoms with van der Waals surface area (Å²) in [5.41, 5.74) is 0.665. The van der Waals surface area contributed by atoms with Gasteiger partial charge in [0.2, 0.25) is 0 Å². The Morgan fingerprint density at radius 1 is 1.42 bits per heavy atom. The molecule has 2 nitrogen and oxygen atoms in total. The van der Waals surface area contributed by atoms with E-state index in [1.165, 1.54) is 13.3 Å². The average molecular weight is 204 g/mol. The molecule has 1 rings (SSSR count). The van der Waals surface area contributed by atoms with E-state index < -0.39 is 0 Å². The SMILES string of the molecule is C/[N+]([O-])=C/c1ccc(Cl)cc1Cl. The zero-order valence-electron chi connectivity index (χ0n) is 6.42. The van der Waals surface area contributed by atoms with Crippen LogP contribution >= 0.6 is 23.2 Å². The number of nitrogens with zero attached hydrogens (tertiary/aromatic N) is 1. The van der Waals surface area contributed by atoms with Gasteiger partial charge in [-0.15, -0.1) is 0 Å². The van der Waals surface area contributed by atoms with Gasteiger partial charge < -0.3 is 5.21 Å². The summed E-state index contributed by atoms with van der Waals surface area (Å²) in [7, 11) is 1.39. The lowest BCUT2D eigenvalue weighted by Gasteiger charge is -1.98. The molecule has 0 unspecified atom stereocenters. The first-order chi connectivity index (χ1) is 5.59. The first-order valence-electron chi connectivity index (χ1n) is 3.29. The summed E-state index contributed by atoms with van der Waals surface area (Å²) in [6.07, 6.45) is 1.39. The van der Waals surface area contributed by atoms with Crippen LogP contribution in [0.5, 0.6) is 0 Å². The molecule has 0 amide bonds. The predicted molar refractivity (Wildman–Crippen MR) is 51.2 cm³/mol. The highest BCUT2D eigenvalue weighted by molar-refractivity contribution is 6.36. The monoisotopic (exact) mass is 203 g/mol. The third-order valence-corrected chi connectivity index (χ3v) is 1.85. The molecule has 0 saturated heterocycles. The Kier molecular flexibility index (Phi) is 2.95. The molecule has 1 aromatic rings. The summed E-state index contributed by atoms with van der Waals surface area (Å²) in [6, 6.07) is 4.97. The smallest absolute Gasteiger partial charge is 0.183 e. The lowest BCUT2D eigenvalue weighted by molar-refractivity contribution is -0.416. The maximum absolute atomic E-state index is 10.6. The van der Waals surface area contributed by atoms with Crippen molar-refractivity contribution in [3.8, 4) is 0 Å². The second kappa shape index (κ2) is 3.78. The first-order valence-corrected chi connectivity index (χ1v) is 4.05. The molecule has 0 aromatic heterocycles. The van der Waals surface area contributed by atoms with Crippen LogP contribution in [0, 0.1) is 5.21 Å². The fourth-order valence-corrected chi connectivity index (χ4v) is 1.26. The molecular formula is C8H7Cl2NO. The van der Waals surface area contributed by atoms with E-state index in [-0.39, 0.29) is 0 Å². The molecule has 0 saturated carbocycles. The van der Waals surface area contributed by atoms with E-state index in [2.05, 4.69) is 0 Å². The molecule has 0 N–H and O–H groups in total. The summed E-state index contributed by atoms with van der Waals surface area (Å²) < 4.78 is 0.690. The van der Waals surface area contributed by atoms with Crippen LogP contribution in [-0.4, -0.2) is 18.0 Å². The summed E-state index contributed by atoms with van der Waals surface area (Å²) in [6.45, 7) is 0. The lowest BCUT2D eigenvalue weighted by Crippen LogP contribution is -1.97. The number of hydrogen-bond donors (Lipinski definition) is 0. The average Bonchev–Trinajstić information content (AvgIpc) is 1.94. The van der Waals surface area contributed by atoms with Crippen molar-refractivity contribution in [3.63, 3.8) is 0 Å². The quantitative estimate of drug-likeness (QED) is 0.298. The van der Waals surface area contributed by atoms with Crippen LogP contribution in [-0.2, 0) is 0 Å². The topological polar surface area (TPSA) is 26.1 Å². The maximum Gasteiger partial charge on any atom is 0.183 e. The minimum atomic E-state index is 0.477. The van der Waals surface area contributed by atoms with Gasteiger partial charge in [-0.3, -0.25) is 0 Å². The van der Waals surface area contributed by atoms with E-state index in [9.17, 15) is 5.21 Å². The number of rotatable bonds is 1. The number of halogens is 2. The van der Waals surface area contributed by atoms with Gasteiger partial charge in [-0.25, -0.2) is 4.74 Å². The van der Waals surface area contributed by atoms with Gasteiger partial charge in [-0.2, -0.15) is 0 Å². The van der Waals surface area contributed by atoms with E-state index in [0.29, 0.717) is 20.3 Å². The minimum Gasteiger partial charge on any atom is -0.624 e. The van der Waals surface area contributed by atoms with Crippen molar-refractivity contribution in [1.82, 2.24) is 0 Å². The van der Waals surface area contributed by atoms with Crippen molar-refractivity contribution in [2.75, 3.05) is 7.05 Å². The van der Waals surface area contributed by atoms with Gasteiger partial charge in [0.15, 0.2) is 6.21 Å². The third kappa shape index (κ3) is 2.40. The Bertz CT molecular complexity index is 319. The normalized spacial score (nSPS) is 11.8. The molecule has 0 aliphatic carbocycles. The van der Waals surface area contributed by atoms with Crippen LogP contribution < -0.4 is 0 Å². The molecule has 0 atom stereocenters.